The molecule has 6 heteroatoms. The maximum atomic E-state index is 9.57. The van der Waals surface area contributed by atoms with E-state index >= 15 is 0 Å². The fourth-order valence-electron chi connectivity index (χ4n) is 3.19. The molecule has 0 amide bonds. The molecule has 0 unspecified atom stereocenters. The third-order valence-corrected chi connectivity index (χ3v) is 4.72. The summed E-state index contributed by atoms with van der Waals surface area (Å²) in [6.07, 6.45) is 1.43. The highest BCUT2D eigenvalue weighted by Crippen LogP contribution is 2.27. The fraction of sp³-hybridized carbons (Fsp3) is 0.500. The first kappa shape index (κ1) is 17.4. The van der Waals surface area contributed by atoms with E-state index in [1.165, 1.54) is 0 Å². The Bertz CT molecular complexity index is 674. The van der Waals surface area contributed by atoms with Gasteiger partial charge in [-0.05, 0) is 26.0 Å². The minimum Gasteiger partial charge on any atom is -0.444 e. The van der Waals surface area contributed by atoms with Crippen LogP contribution in [0.15, 0.2) is 34.9 Å². The van der Waals surface area contributed by atoms with Crippen LogP contribution in [-0.4, -0.2) is 58.2 Å². The summed E-state index contributed by atoms with van der Waals surface area (Å²) < 4.78 is 5.61. The van der Waals surface area contributed by atoms with Crippen LogP contribution in [0.1, 0.15) is 19.5 Å². The maximum Gasteiger partial charge on any atom is 0.227 e. The number of aliphatic hydroxyl groups excluding tert-OH is 1. The van der Waals surface area contributed by atoms with Crippen LogP contribution in [-0.2, 0) is 6.54 Å². The summed E-state index contributed by atoms with van der Waals surface area (Å²) in [5.41, 5.74) is 1.74. The molecule has 2 atom stereocenters. The van der Waals surface area contributed by atoms with Crippen molar-refractivity contribution in [2.45, 2.75) is 32.5 Å². The van der Waals surface area contributed by atoms with Gasteiger partial charge in [-0.1, -0.05) is 23.7 Å². The molecule has 1 N–H and O–H groups in total. The standard InChI is InChI=1S/C18H24ClN3O2/c1-13-9-21(7-8-22(13)10-14(2)23)11-15-12-24-18(20-15)16-5-3-4-6-17(16)19/h3-6,12-14,23H,7-11H2,1-2H3/t13-,14-/m0/s1. The van der Waals surface area contributed by atoms with Crippen molar-refractivity contribution >= 4 is 11.6 Å². The van der Waals surface area contributed by atoms with Gasteiger partial charge in [0.25, 0.3) is 0 Å². The van der Waals surface area contributed by atoms with Gasteiger partial charge in [0.05, 0.1) is 22.4 Å². The Balaban J connectivity index is 1.61. The maximum absolute atomic E-state index is 9.57. The van der Waals surface area contributed by atoms with Crippen molar-refractivity contribution in [3.05, 3.63) is 41.2 Å². The van der Waals surface area contributed by atoms with Crippen LogP contribution in [0.5, 0.6) is 0 Å². The van der Waals surface area contributed by atoms with Crippen LogP contribution >= 0.6 is 11.6 Å². The van der Waals surface area contributed by atoms with Crippen molar-refractivity contribution in [3.63, 3.8) is 0 Å². The summed E-state index contributed by atoms with van der Waals surface area (Å²) in [4.78, 5) is 9.29. The first-order valence-corrected chi connectivity index (χ1v) is 8.74. The summed E-state index contributed by atoms with van der Waals surface area (Å²) in [6.45, 7) is 8.42. The molecule has 0 saturated carbocycles. The van der Waals surface area contributed by atoms with E-state index in [0.717, 1.165) is 44.0 Å². The Morgan fingerprint density at radius 3 is 2.88 bits per heavy atom. The summed E-state index contributed by atoms with van der Waals surface area (Å²) in [6, 6.07) is 7.99. The molecule has 0 spiro atoms. The van der Waals surface area contributed by atoms with Crippen LogP contribution in [0, 0.1) is 0 Å². The minimum atomic E-state index is -0.285. The molecule has 1 aliphatic rings. The summed E-state index contributed by atoms with van der Waals surface area (Å²) in [7, 11) is 0. The zero-order valence-corrected chi connectivity index (χ0v) is 14.9. The van der Waals surface area contributed by atoms with Gasteiger partial charge >= 0.3 is 0 Å². The molecule has 1 fully saturated rings. The second kappa shape index (κ2) is 7.66. The number of nitrogens with zero attached hydrogens (tertiary/aromatic N) is 3. The molecular weight excluding hydrogens is 326 g/mol. The Hall–Kier alpha value is -1.40. The van der Waals surface area contributed by atoms with E-state index in [0.29, 0.717) is 17.0 Å². The number of piperazine rings is 1. The van der Waals surface area contributed by atoms with E-state index in [9.17, 15) is 5.11 Å². The summed E-state index contributed by atoms with van der Waals surface area (Å²) in [5, 5.41) is 10.2. The zero-order valence-electron chi connectivity index (χ0n) is 14.2. The van der Waals surface area contributed by atoms with Crippen molar-refractivity contribution in [2.24, 2.45) is 0 Å². The van der Waals surface area contributed by atoms with Gasteiger partial charge in [-0.3, -0.25) is 9.80 Å². The topological polar surface area (TPSA) is 52.7 Å². The molecule has 3 rings (SSSR count). The van der Waals surface area contributed by atoms with Gasteiger partial charge in [-0.2, -0.15) is 0 Å². The zero-order chi connectivity index (χ0) is 17.1. The summed E-state index contributed by atoms with van der Waals surface area (Å²) in [5.74, 6) is 0.566. The monoisotopic (exact) mass is 349 g/mol. The van der Waals surface area contributed by atoms with E-state index < -0.39 is 0 Å². The van der Waals surface area contributed by atoms with Gasteiger partial charge in [0.15, 0.2) is 0 Å². The van der Waals surface area contributed by atoms with E-state index in [2.05, 4.69) is 21.7 Å². The van der Waals surface area contributed by atoms with Crippen molar-refractivity contribution in [1.82, 2.24) is 14.8 Å². The van der Waals surface area contributed by atoms with Gasteiger partial charge in [-0.25, -0.2) is 4.98 Å². The average Bonchev–Trinajstić information content (AvgIpc) is 2.98. The quantitative estimate of drug-likeness (QED) is 0.899. The van der Waals surface area contributed by atoms with Crippen LogP contribution in [0.2, 0.25) is 5.02 Å². The van der Waals surface area contributed by atoms with Crippen LogP contribution < -0.4 is 0 Å². The number of hydrogen-bond donors (Lipinski definition) is 1. The smallest absolute Gasteiger partial charge is 0.227 e. The number of aromatic nitrogens is 1. The van der Waals surface area contributed by atoms with E-state index in [1.807, 2.05) is 31.2 Å². The number of oxazole rings is 1. The number of hydrogen-bond acceptors (Lipinski definition) is 5. The predicted molar refractivity (Wildman–Crippen MR) is 94.9 cm³/mol. The van der Waals surface area contributed by atoms with Gasteiger partial charge in [0, 0.05) is 38.8 Å². The highest BCUT2D eigenvalue weighted by molar-refractivity contribution is 6.33. The normalized spacial score (nSPS) is 21.1. The van der Waals surface area contributed by atoms with E-state index in [1.54, 1.807) is 6.26 Å². The average molecular weight is 350 g/mol. The lowest BCUT2D eigenvalue weighted by molar-refractivity contribution is 0.0418. The molecule has 5 nitrogen and oxygen atoms in total. The highest BCUT2D eigenvalue weighted by atomic mass is 35.5. The molecule has 0 aliphatic carbocycles. The Labute approximate surface area is 147 Å². The second-order valence-corrected chi connectivity index (χ2v) is 6.96. The SMILES string of the molecule is C[C@H](O)CN1CCN(Cc2coc(-c3ccccc3Cl)n2)C[C@@H]1C. The molecule has 2 heterocycles. The van der Waals surface area contributed by atoms with E-state index in [4.69, 9.17) is 16.0 Å². The first-order chi connectivity index (χ1) is 11.5. The number of halogens is 1. The van der Waals surface area contributed by atoms with Gasteiger partial charge in [0.2, 0.25) is 5.89 Å². The van der Waals surface area contributed by atoms with E-state index in [-0.39, 0.29) is 6.10 Å². The molecule has 0 bridgehead atoms. The van der Waals surface area contributed by atoms with Crippen molar-refractivity contribution in [1.29, 1.82) is 0 Å². The van der Waals surface area contributed by atoms with Gasteiger partial charge < -0.3 is 9.52 Å². The van der Waals surface area contributed by atoms with Crippen LogP contribution in [0.4, 0.5) is 0 Å². The number of β-amino-alcohol motifs (C(OH)–C–C–N with tert-alkyl or cyclic N) is 1. The molecule has 1 aromatic heterocycles. The van der Waals surface area contributed by atoms with Gasteiger partial charge in [0.1, 0.15) is 6.26 Å². The second-order valence-electron chi connectivity index (χ2n) is 6.55. The number of benzene rings is 1. The molecule has 1 aromatic carbocycles. The molecular formula is C18H24ClN3O2. The molecule has 2 aromatic rings. The number of aliphatic hydroxyl groups is 1. The Kier molecular flexibility index (Phi) is 5.56. The fourth-order valence-corrected chi connectivity index (χ4v) is 3.41. The van der Waals surface area contributed by atoms with Crippen molar-refractivity contribution in [3.8, 4) is 11.5 Å². The van der Waals surface area contributed by atoms with Crippen LogP contribution in [0.25, 0.3) is 11.5 Å². The minimum absolute atomic E-state index is 0.285. The molecule has 0 radical (unpaired) electrons. The third kappa shape index (κ3) is 4.16. The molecule has 1 aliphatic heterocycles. The summed E-state index contributed by atoms with van der Waals surface area (Å²) >= 11 is 6.20. The lowest BCUT2D eigenvalue weighted by Gasteiger charge is -2.40. The van der Waals surface area contributed by atoms with Gasteiger partial charge in [-0.15, -0.1) is 0 Å². The first-order valence-electron chi connectivity index (χ1n) is 8.36. The third-order valence-electron chi connectivity index (χ3n) is 4.39. The lowest BCUT2D eigenvalue weighted by atomic mass is 10.1. The molecule has 130 valence electrons. The van der Waals surface area contributed by atoms with Crippen molar-refractivity contribution in [2.75, 3.05) is 26.2 Å². The Morgan fingerprint density at radius 1 is 1.38 bits per heavy atom. The highest BCUT2D eigenvalue weighted by Gasteiger charge is 2.25. The molecule has 24 heavy (non-hydrogen) atoms. The number of rotatable bonds is 5. The van der Waals surface area contributed by atoms with Crippen molar-refractivity contribution < 1.29 is 9.52 Å². The van der Waals surface area contributed by atoms with Crippen LogP contribution in [0.3, 0.4) is 0 Å². The predicted octanol–water partition coefficient (Wildman–Crippen LogP) is 2.88. The molecule has 1 saturated heterocycles. The lowest BCUT2D eigenvalue weighted by Crippen LogP contribution is -2.53. The largest absolute Gasteiger partial charge is 0.444 e. The Morgan fingerprint density at radius 2 is 2.17 bits per heavy atom.